The van der Waals surface area contributed by atoms with E-state index in [0.29, 0.717) is 22.8 Å². The van der Waals surface area contributed by atoms with E-state index in [-0.39, 0.29) is 5.91 Å². The number of thioether (sulfide) groups is 1. The molecule has 0 saturated heterocycles. The fourth-order valence-corrected chi connectivity index (χ4v) is 2.98. The zero-order valence-electron chi connectivity index (χ0n) is 14.2. The molecule has 0 aromatic heterocycles. The molecule has 1 atom stereocenters. The van der Waals surface area contributed by atoms with Crippen molar-refractivity contribution in [1.82, 2.24) is 0 Å². The Kier molecular flexibility index (Phi) is 6.89. The number of amides is 1. The van der Waals surface area contributed by atoms with Crippen LogP contribution in [-0.2, 0) is 4.79 Å². The summed E-state index contributed by atoms with van der Waals surface area (Å²) in [7, 11) is 0. The van der Waals surface area contributed by atoms with Crippen molar-refractivity contribution in [3.63, 3.8) is 0 Å². The molecule has 0 saturated carbocycles. The smallest absolute Gasteiger partial charge is 0.316 e. The number of anilines is 1. The number of carboxylic acid groups (broad SMARTS) is 1. The molecule has 0 heterocycles. The van der Waals surface area contributed by atoms with Crippen LogP contribution < -0.4 is 10.1 Å². The lowest BCUT2D eigenvalue weighted by Crippen LogP contribution is -2.15. The average Bonchev–Trinajstić information content (AvgIpc) is 2.61. The van der Waals surface area contributed by atoms with Crippen LogP contribution in [0.15, 0.2) is 53.4 Å². The molecule has 132 valence electrons. The summed E-state index contributed by atoms with van der Waals surface area (Å²) >= 11 is 1.15. The van der Waals surface area contributed by atoms with Crippen LogP contribution in [0.5, 0.6) is 5.75 Å². The molecule has 0 bridgehead atoms. The maximum atomic E-state index is 12.5. The quantitative estimate of drug-likeness (QED) is 0.688. The van der Waals surface area contributed by atoms with Crippen LogP contribution in [0.2, 0.25) is 0 Å². The molecule has 25 heavy (non-hydrogen) atoms. The minimum Gasteiger partial charge on any atom is -0.494 e. The van der Waals surface area contributed by atoms with Gasteiger partial charge in [0.2, 0.25) is 0 Å². The Morgan fingerprint density at radius 2 is 1.84 bits per heavy atom. The second-order valence-corrected chi connectivity index (χ2v) is 6.80. The lowest BCUT2D eigenvalue weighted by Gasteiger charge is -2.12. The highest BCUT2D eigenvalue weighted by Gasteiger charge is 2.17. The fourth-order valence-electron chi connectivity index (χ4n) is 2.05. The molecule has 0 aliphatic heterocycles. The van der Waals surface area contributed by atoms with Gasteiger partial charge in [0.25, 0.3) is 5.91 Å². The average molecular weight is 359 g/mol. The van der Waals surface area contributed by atoms with Gasteiger partial charge in [-0.15, -0.1) is 11.8 Å². The minimum atomic E-state index is -0.914. The Bertz CT molecular complexity index is 730. The summed E-state index contributed by atoms with van der Waals surface area (Å²) in [5, 5.41) is 11.3. The number of nitrogens with one attached hydrogen (secondary N) is 1. The van der Waals surface area contributed by atoms with E-state index in [0.717, 1.165) is 23.9 Å². The molecule has 1 amide bonds. The van der Waals surface area contributed by atoms with Crippen molar-refractivity contribution in [1.29, 1.82) is 0 Å². The van der Waals surface area contributed by atoms with Crippen molar-refractivity contribution in [3.05, 3.63) is 54.1 Å². The number of carboxylic acids is 1. The van der Waals surface area contributed by atoms with Gasteiger partial charge in [0, 0.05) is 10.6 Å². The van der Waals surface area contributed by atoms with Crippen LogP contribution in [0, 0.1) is 0 Å². The van der Waals surface area contributed by atoms with Gasteiger partial charge in [0.15, 0.2) is 0 Å². The first kappa shape index (κ1) is 18.9. The molecule has 1 unspecified atom stereocenters. The predicted molar refractivity (Wildman–Crippen MR) is 99.6 cm³/mol. The molecule has 2 rings (SSSR count). The van der Waals surface area contributed by atoms with Gasteiger partial charge in [0.1, 0.15) is 11.0 Å². The molecule has 5 nitrogen and oxygen atoms in total. The Morgan fingerprint density at radius 1 is 1.16 bits per heavy atom. The number of aliphatic carboxylic acids is 1. The molecule has 0 radical (unpaired) electrons. The fraction of sp³-hybridized carbons (Fsp3) is 0.263. The summed E-state index contributed by atoms with van der Waals surface area (Å²) in [6.45, 7) is 4.28. The molecular formula is C19H21NO4S. The summed E-state index contributed by atoms with van der Waals surface area (Å²) in [6.07, 6.45) is 0.932. The lowest BCUT2D eigenvalue weighted by molar-refractivity contribution is -0.136. The van der Waals surface area contributed by atoms with Crippen LogP contribution in [0.25, 0.3) is 0 Å². The Hall–Kier alpha value is -2.47. The molecule has 0 aliphatic rings. The topological polar surface area (TPSA) is 75.6 Å². The normalized spacial score (nSPS) is 11.6. The Balaban J connectivity index is 2.09. The van der Waals surface area contributed by atoms with Crippen molar-refractivity contribution < 1.29 is 19.4 Å². The highest BCUT2D eigenvalue weighted by Crippen LogP contribution is 2.28. The van der Waals surface area contributed by atoms with Gasteiger partial charge in [-0.25, -0.2) is 0 Å². The number of carbonyl (C=O) groups is 2. The SMILES string of the molecule is CCCOc1ccc(NC(=O)c2ccccc2SC(C)C(=O)O)cc1. The molecule has 6 heteroatoms. The Morgan fingerprint density at radius 3 is 2.48 bits per heavy atom. The molecule has 0 spiro atoms. The molecular weight excluding hydrogens is 338 g/mol. The van der Waals surface area contributed by atoms with Gasteiger partial charge in [-0.3, -0.25) is 9.59 Å². The van der Waals surface area contributed by atoms with Crippen molar-refractivity contribution in [2.75, 3.05) is 11.9 Å². The summed E-state index contributed by atoms with van der Waals surface area (Å²) in [5.41, 5.74) is 1.10. The third kappa shape index (κ3) is 5.53. The predicted octanol–water partition coefficient (Wildman–Crippen LogP) is 4.29. The first-order valence-corrected chi connectivity index (χ1v) is 8.92. The van der Waals surface area contributed by atoms with E-state index >= 15 is 0 Å². The summed E-state index contributed by atoms with van der Waals surface area (Å²) in [4.78, 5) is 24.2. The number of benzene rings is 2. The van der Waals surface area contributed by atoms with Crippen molar-refractivity contribution in [3.8, 4) is 5.75 Å². The van der Waals surface area contributed by atoms with Gasteiger partial charge < -0.3 is 15.2 Å². The third-order valence-corrected chi connectivity index (χ3v) is 4.53. The number of hydrogen-bond donors (Lipinski definition) is 2. The Labute approximate surface area is 151 Å². The zero-order chi connectivity index (χ0) is 18.2. The van der Waals surface area contributed by atoms with E-state index in [1.54, 1.807) is 55.5 Å². The molecule has 0 fully saturated rings. The van der Waals surface area contributed by atoms with E-state index in [1.165, 1.54) is 0 Å². The summed E-state index contributed by atoms with van der Waals surface area (Å²) in [6, 6.07) is 14.1. The second kappa shape index (κ2) is 9.13. The van der Waals surface area contributed by atoms with E-state index in [9.17, 15) is 9.59 Å². The van der Waals surface area contributed by atoms with Crippen LogP contribution in [0.3, 0.4) is 0 Å². The number of ether oxygens (including phenoxy) is 1. The molecule has 0 aliphatic carbocycles. The third-order valence-electron chi connectivity index (χ3n) is 3.37. The lowest BCUT2D eigenvalue weighted by atomic mass is 10.2. The van der Waals surface area contributed by atoms with E-state index < -0.39 is 11.2 Å². The number of rotatable bonds is 8. The molecule has 2 N–H and O–H groups in total. The van der Waals surface area contributed by atoms with E-state index in [2.05, 4.69) is 5.32 Å². The highest BCUT2D eigenvalue weighted by atomic mass is 32.2. The largest absolute Gasteiger partial charge is 0.494 e. The second-order valence-electron chi connectivity index (χ2n) is 5.42. The van der Waals surface area contributed by atoms with Gasteiger partial charge in [-0.1, -0.05) is 19.1 Å². The monoisotopic (exact) mass is 359 g/mol. The van der Waals surface area contributed by atoms with Gasteiger partial charge in [-0.2, -0.15) is 0 Å². The first-order chi connectivity index (χ1) is 12.0. The summed E-state index contributed by atoms with van der Waals surface area (Å²) < 4.78 is 5.51. The highest BCUT2D eigenvalue weighted by molar-refractivity contribution is 8.00. The number of carbonyl (C=O) groups excluding carboxylic acids is 1. The van der Waals surface area contributed by atoms with Crippen molar-refractivity contribution in [2.45, 2.75) is 30.4 Å². The van der Waals surface area contributed by atoms with E-state index in [4.69, 9.17) is 9.84 Å². The van der Waals surface area contributed by atoms with E-state index in [1.807, 2.05) is 6.92 Å². The standard InChI is InChI=1S/C19H21NO4S/c1-3-12-24-15-10-8-14(9-11-15)20-18(21)16-6-4-5-7-17(16)25-13(2)19(22)23/h4-11,13H,3,12H2,1-2H3,(H,20,21)(H,22,23). The van der Waals surface area contributed by atoms with Crippen molar-refractivity contribution >= 4 is 29.3 Å². The van der Waals surface area contributed by atoms with Gasteiger partial charge >= 0.3 is 5.97 Å². The molecule has 2 aromatic carbocycles. The summed E-state index contributed by atoms with van der Waals surface area (Å²) in [5.74, 6) is -0.433. The maximum Gasteiger partial charge on any atom is 0.316 e. The maximum absolute atomic E-state index is 12.5. The van der Waals surface area contributed by atoms with Gasteiger partial charge in [0.05, 0.1) is 12.2 Å². The first-order valence-electron chi connectivity index (χ1n) is 8.04. The van der Waals surface area contributed by atoms with Crippen LogP contribution in [0.4, 0.5) is 5.69 Å². The number of hydrogen-bond acceptors (Lipinski definition) is 4. The van der Waals surface area contributed by atoms with Gasteiger partial charge in [-0.05, 0) is 49.7 Å². The van der Waals surface area contributed by atoms with Crippen LogP contribution in [-0.4, -0.2) is 28.8 Å². The van der Waals surface area contributed by atoms with Crippen LogP contribution in [0.1, 0.15) is 30.6 Å². The van der Waals surface area contributed by atoms with Crippen molar-refractivity contribution in [2.24, 2.45) is 0 Å². The van der Waals surface area contributed by atoms with Crippen LogP contribution >= 0.6 is 11.8 Å². The zero-order valence-corrected chi connectivity index (χ0v) is 15.0. The minimum absolute atomic E-state index is 0.275. The molecule has 2 aromatic rings.